The number of carboxylic acids is 1. The number of hydrogen-bond acceptors (Lipinski definition) is 6. The molecule has 0 amide bonds. The van der Waals surface area contributed by atoms with Crippen LogP contribution < -0.4 is 10.2 Å². The lowest BCUT2D eigenvalue weighted by atomic mass is 9.94. The second-order valence-electron chi connectivity index (χ2n) is 7.97. The van der Waals surface area contributed by atoms with Crippen molar-refractivity contribution in [3.8, 4) is 6.07 Å². The molecule has 1 aliphatic rings. The summed E-state index contributed by atoms with van der Waals surface area (Å²) in [5, 5.41) is 21.9. The van der Waals surface area contributed by atoms with Gasteiger partial charge in [0.1, 0.15) is 0 Å². The van der Waals surface area contributed by atoms with Crippen LogP contribution in [0.4, 0.5) is 17.1 Å². The number of aliphatic carboxylic acids is 1. The Morgan fingerprint density at radius 2 is 2.00 bits per heavy atom. The van der Waals surface area contributed by atoms with Crippen LogP contribution in [0.3, 0.4) is 0 Å². The smallest absolute Gasteiger partial charge is 0.304 e. The molecule has 0 saturated carbocycles. The van der Waals surface area contributed by atoms with E-state index >= 15 is 0 Å². The highest BCUT2D eigenvalue weighted by Crippen LogP contribution is 2.35. The van der Waals surface area contributed by atoms with Gasteiger partial charge in [0.2, 0.25) is 0 Å². The van der Waals surface area contributed by atoms with Crippen LogP contribution in [0.25, 0.3) is 0 Å². The Morgan fingerprint density at radius 1 is 1.28 bits per heavy atom. The predicted molar refractivity (Wildman–Crippen MR) is 125 cm³/mol. The molecule has 7 heteroatoms. The predicted octanol–water partition coefficient (Wildman–Crippen LogP) is 4.51. The molecule has 0 bridgehead atoms. The van der Waals surface area contributed by atoms with Crippen LogP contribution in [0.2, 0.25) is 0 Å². The van der Waals surface area contributed by atoms with Crippen LogP contribution >= 0.6 is 0 Å². The maximum Gasteiger partial charge on any atom is 0.304 e. The Hall–Kier alpha value is -3.08. The fourth-order valence-electron chi connectivity index (χ4n) is 4.25. The van der Waals surface area contributed by atoms with Gasteiger partial charge in [0.15, 0.2) is 0 Å². The monoisotopic (exact) mass is 437 g/mol. The Balaban J connectivity index is 1.99. The van der Waals surface area contributed by atoms with Gasteiger partial charge in [-0.2, -0.15) is 5.26 Å². The van der Waals surface area contributed by atoms with E-state index in [4.69, 9.17) is 14.7 Å². The average molecular weight is 438 g/mol. The van der Waals surface area contributed by atoms with Gasteiger partial charge in [-0.05, 0) is 61.7 Å². The topological polar surface area (TPSA) is 94.8 Å². The van der Waals surface area contributed by atoms with E-state index in [0.29, 0.717) is 18.2 Å². The molecular weight excluding hydrogens is 406 g/mol. The minimum absolute atomic E-state index is 0.000941. The molecule has 0 spiro atoms. The third-order valence-corrected chi connectivity index (χ3v) is 5.86. The first kappa shape index (κ1) is 23.6. The number of nitrogens with one attached hydrogen (secondary N) is 1. The molecule has 0 aromatic heterocycles. The molecule has 1 heterocycles. The zero-order valence-corrected chi connectivity index (χ0v) is 18.7. The van der Waals surface area contributed by atoms with Gasteiger partial charge in [0, 0.05) is 44.5 Å². The van der Waals surface area contributed by atoms with Crippen molar-refractivity contribution in [2.24, 2.45) is 0 Å². The molecule has 170 valence electrons. The SMILES string of the molecule is CCN(c1ccc([C@H](COC)CC(=O)O)cc1Nc1ccc(C#N)cc1)C1CCOCC1. The summed E-state index contributed by atoms with van der Waals surface area (Å²) >= 11 is 0. The van der Waals surface area contributed by atoms with Crippen molar-refractivity contribution in [2.45, 2.75) is 38.1 Å². The average Bonchev–Trinajstić information content (AvgIpc) is 2.81. The number of benzene rings is 2. The number of nitrogens with zero attached hydrogens (tertiary/aromatic N) is 2. The normalized spacial score (nSPS) is 15.0. The molecule has 2 N–H and O–H groups in total. The molecule has 1 aliphatic heterocycles. The maximum absolute atomic E-state index is 11.4. The Bertz CT molecular complexity index is 933. The van der Waals surface area contributed by atoms with E-state index in [1.165, 1.54) is 0 Å². The summed E-state index contributed by atoms with van der Waals surface area (Å²) in [4.78, 5) is 13.8. The van der Waals surface area contributed by atoms with Crippen molar-refractivity contribution >= 4 is 23.0 Å². The third kappa shape index (κ3) is 6.00. The molecule has 1 saturated heterocycles. The highest BCUT2D eigenvalue weighted by Gasteiger charge is 2.24. The molecule has 2 aromatic rings. The van der Waals surface area contributed by atoms with Crippen LogP contribution in [0, 0.1) is 11.3 Å². The van der Waals surface area contributed by atoms with Gasteiger partial charge in [0.05, 0.1) is 36.0 Å². The fraction of sp³-hybridized carbons (Fsp3) is 0.440. The molecule has 3 rings (SSSR count). The first-order chi connectivity index (χ1) is 15.5. The highest BCUT2D eigenvalue weighted by molar-refractivity contribution is 5.77. The largest absolute Gasteiger partial charge is 0.481 e. The van der Waals surface area contributed by atoms with Gasteiger partial charge in [0.25, 0.3) is 0 Å². The Morgan fingerprint density at radius 3 is 2.59 bits per heavy atom. The Kier molecular flexibility index (Phi) is 8.48. The van der Waals surface area contributed by atoms with E-state index in [-0.39, 0.29) is 12.3 Å². The first-order valence-corrected chi connectivity index (χ1v) is 11.0. The summed E-state index contributed by atoms with van der Waals surface area (Å²) in [6.07, 6.45) is 1.94. The number of rotatable bonds is 10. The molecule has 7 nitrogen and oxygen atoms in total. The summed E-state index contributed by atoms with van der Waals surface area (Å²) in [6.45, 7) is 4.84. The van der Waals surface area contributed by atoms with Crippen LogP contribution in [-0.4, -0.2) is 50.6 Å². The highest BCUT2D eigenvalue weighted by atomic mass is 16.5. The molecule has 1 atom stereocenters. The number of carbonyl (C=O) groups is 1. The van der Waals surface area contributed by atoms with Crippen LogP contribution in [0.1, 0.15) is 43.2 Å². The van der Waals surface area contributed by atoms with Crippen LogP contribution in [0.5, 0.6) is 0 Å². The van der Waals surface area contributed by atoms with E-state index in [1.807, 2.05) is 24.3 Å². The van der Waals surface area contributed by atoms with E-state index in [0.717, 1.165) is 55.2 Å². The quantitative estimate of drug-likeness (QED) is 0.565. The summed E-state index contributed by atoms with van der Waals surface area (Å²) in [5.41, 5.74) is 4.36. The molecule has 32 heavy (non-hydrogen) atoms. The summed E-state index contributed by atoms with van der Waals surface area (Å²) in [6, 6.07) is 15.9. The van der Waals surface area contributed by atoms with E-state index in [1.54, 1.807) is 19.2 Å². The van der Waals surface area contributed by atoms with Gasteiger partial charge in [-0.15, -0.1) is 0 Å². The third-order valence-electron chi connectivity index (χ3n) is 5.86. The van der Waals surface area contributed by atoms with E-state index < -0.39 is 5.97 Å². The Labute approximate surface area is 189 Å². The minimum atomic E-state index is -0.852. The standard InChI is InChI=1S/C25H31N3O4/c1-3-28(22-10-12-32-13-11-22)24-9-6-19(20(17-31-2)15-25(29)30)14-23(24)27-21-7-4-18(16-26)5-8-21/h4-9,14,20,22,27H,3,10-13,15,17H2,1-2H3,(H,29,30)/t20-/m0/s1. The minimum Gasteiger partial charge on any atom is -0.481 e. The van der Waals surface area contributed by atoms with Gasteiger partial charge in [-0.25, -0.2) is 0 Å². The number of ether oxygens (including phenoxy) is 2. The van der Waals surface area contributed by atoms with Gasteiger partial charge in [-0.1, -0.05) is 6.07 Å². The lowest BCUT2D eigenvalue weighted by Crippen LogP contribution is -2.39. The zero-order chi connectivity index (χ0) is 22.9. The van der Waals surface area contributed by atoms with Crippen molar-refractivity contribution in [1.82, 2.24) is 0 Å². The van der Waals surface area contributed by atoms with Crippen molar-refractivity contribution in [2.75, 3.05) is 43.7 Å². The molecule has 0 radical (unpaired) electrons. The molecular formula is C25H31N3O4. The second-order valence-corrected chi connectivity index (χ2v) is 7.97. The van der Waals surface area contributed by atoms with Gasteiger partial charge in [-0.3, -0.25) is 4.79 Å². The summed E-state index contributed by atoms with van der Waals surface area (Å²) in [5.74, 6) is -1.10. The molecule has 0 unspecified atom stereocenters. The van der Waals surface area contributed by atoms with Crippen LogP contribution in [-0.2, 0) is 14.3 Å². The number of hydrogen-bond donors (Lipinski definition) is 2. The lowest BCUT2D eigenvalue weighted by Gasteiger charge is -2.37. The van der Waals surface area contributed by atoms with Gasteiger partial charge < -0.3 is 24.8 Å². The van der Waals surface area contributed by atoms with Crippen LogP contribution in [0.15, 0.2) is 42.5 Å². The number of anilines is 3. The zero-order valence-electron chi connectivity index (χ0n) is 18.7. The van der Waals surface area contributed by atoms with E-state index in [2.05, 4.69) is 29.3 Å². The fourth-order valence-corrected chi connectivity index (χ4v) is 4.25. The number of methoxy groups -OCH3 is 1. The van der Waals surface area contributed by atoms with Crippen molar-refractivity contribution in [3.05, 3.63) is 53.6 Å². The molecule has 0 aliphatic carbocycles. The number of carboxylic acid groups (broad SMARTS) is 1. The maximum atomic E-state index is 11.4. The molecule has 1 fully saturated rings. The first-order valence-electron chi connectivity index (χ1n) is 11.0. The van der Waals surface area contributed by atoms with Crippen molar-refractivity contribution in [3.63, 3.8) is 0 Å². The number of nitriles is 1. The second kappa shape index (κ2) is 11.5. The lowest BCUT2D eigenvalue weighted by molar-refractivity contribution is -0.137. The summed E-state index contributed by atoms with van der Waals surface area (Å²) < 4.78 is 10.9. The van der Waals surface area contributed by atoms with Gasteiger partial charge >= 0.3 is 5.97 Å². The van der Waals surface area contributed by atoms with Crippen molar-refractivity contribution < 1.29 is 19.4 Å². The molecule has 2 aromatic carbocycles. The van der Waals surface area contributed by atoms with E-state index in [9.17, 15) is 9.90 Å². The van der Waals surface area contributed by atoms with Crippen molar-refractivity contribution in [1.29, 1.82) is 5.26 Å². The summed E-state index contributed by atoms with van der Waals surface area (Å²) in [7, 11) is 1.59.